The second kappa shape index (κ2) is 7.41. The van der Waals surface area contributed by atoms with Gasteiger partial charge in [-0.05, 0) is 25.1 Å². The van der Waals surface area contributed by atoms with Crippen LogP contribution >= 0.6 is 0 Å². The van der Waals surface area contributed by atoms with Crippen molar-refractivity contribution in [2.75, 3.05) is 20.8 Å². The van der Waals surface area contributed by atoms with Crippen LogP contribution in [0, 0.1) is 0 Å². The molecule has 19 heavy (non-hydrogen) atoms. The highest BCUT2D eigenvalue weighted by atomic mass is 16.5. The van der Waals surface area contributed by atoms with Gasteiger partial charge in [0.05, 0.1) is 27.2 Å². The topological polar surface area (TPSA) is 61.8 Å². The van der Waals surface area contributed by atoms with Crippen LogP contribution in [0.2, 0.25) is 0 Å². The predicted octanol–water partition coefficient (Wildman–Crippen LogP) is 2.23. The molecule has 5 heteroatoms. The Morgan fingerprint density at radius 1 is 1.05 bits per heavy atom. The largest absolute Gasteiger partial charge is 0.493 e. The van der Waals surface area contributed by atoms with Gasteiger partial charge in [-0.25, -0.2) is 0 Å². The average molecular weight is 266 g/mol. The maximum Gasteiger partial charge on any atom is 0.306 e. The van der Waals surface area contributed by atoms with Gasteiger partial charge < -0.3 is 14.2 Å². The molecule has 0 aliphatic heterocycles. The number of methoxy groups -OCH3 is 2. The minimum Gasteiger partial charge on any atom is -0.493 e. The summed E-state index contributed by atoms with van der Waals surface area (Å²) < 4.78 is 15.0. The Balaban J connectivity index is 2.69. The van der Waals surface area contributed by atoms with Crippen LogP contribution < -0.4 is 9.47 Å². The number of carbonyl (C=O) groups excluding carboxylic acids is 2. The van der Waals surface area contributed by atoms with E-state index in [9.17, 15) is 9.59 Å². The molecule has 0 unspecified atom stereocenters. The first-order valence-corrected chi connectivity index (χ1v) is 6.03. The molecule has 0 amide bonds. The molecule has 0 bridgehead atoms. The number of ether oxygens (including phenoxy) is 3. The third kappa shape index (κ3) is 4.28. The first-order chi connectivity index (χ1) is 9.12. The molecule has 0 fully saturated rings. The molecule has 1 aromatic rings. The maximum atomic E-state index is 11.9. The van der Waals surface area contributed by atoms with Crippen LogP contribution in [0.15, 0.2) is 18.2 Å². The Morgan fingerprint density at radius 3 is 2.32 bits per heavy atom. The molecule has 0 saturated heterocycles. The lowest BCUT2D eigenvalue weighted by Crippen LogP contribution is -2.08. The van der Waals surface area contributed by atoms with Crippen molar-refractivity contribution in [3.8, 4) is 11.5 Å². The number of hydrogen-bond donors (Lipinski definition) is 0. The van der Waals surface area contributed by atoms with Crippen molar-refractivity contribution in [2.45, 2.75) is 19.8 Å². The SMILES string of the molecule is CCOC(=O)CCC(=O)c1ccc(OC)c(OC)c1. The Morgan fingerprint density at radius 2 is 1.74 bits per heavy atom. The van der Waals surface area contributed by atoms with E-state index in [-0.39, 0.29) is 24.6 Å². The highest BCUT2D eigenvalue weighted by molar-refractivity contribution is 5.98. The molecular formula is C14H18O5. The minimum atomic E-state index is -0.365. The van der Waals surface area contributed by atoms with E-state index < -0.39 is 0 Å². The Bertz CT molecular complexity index is 453. The van der Waals surface area contributed by atoms with Gasteiger partial charge in [-0.1, -0.05) is 0 Å². The first kappa shape index (κ1) is 15.0. The zero-order valence-corrected chi connectivity index (χ0v) is 11.4. The summed E-state index contributed by atoms with van der Waals surface area (Å²) in [5.74, 6) is 0.555. The van der Waals surface area contributed by atoms with E-state index in [4.69, 9.17) is 14.2 Å². The van der Waals surface area contributed by atoms with Gasteiger partial charge in [0.15, 0.2) is 17.3 Å². The second-order valence-electron chi connectivity index (χ2n) is 3.80. The summed E-state index contributed by atoms with van der Waals surface area (Å²) in [5.41, 5.74) is 0.488. The van der Waals surface area contributed by atoms with Gasteiger partial charge >= 0.3 is 5.97 Å². The van der Waals surface area contributed by atoms with Gasteiger partial charge in [0.2, 0.25) is 0 Å². The van der Waals surface area contributed by atoms with Gasteiger partial charge in [-0.3, -0.25) is 9.59 Å². The summed E-state index contributed by atoms with van der Waals surface area (Å²) in [6.45, 7) is 2.05. The molecular weight excluding hydrogens is 248 g/mol. The van der Waals surface area contributed by atoms with Crippen LogP contribution in [0.25, 0.3) is 0 Å². The maximum absolute atomic E-state index is 11.9. The van der Waals surface area contributed by atoms with Crippen molar-refractivity contribution in [2.24, 2.45) is 0 Å². The number of ketones is 1. The van der Waals surface area contributed by atoms with Crippen molar-refractivity contribution in [3.63, 3.8) is 0 Å². The van der Waals surface area contributed by atoms with E-state index in [1.807, 2.05) is 0 Å². The molecule has 5 nitrogen and oxygen atoms in total. The van der Waals surface area contributed by atoms with E-state index in [0.29, 0.717) is 23.7 Å². The van der Waals surface area contributed by atoms with Gasteiger partial charge in [0.1, 0.15) is 0 Å². The summed E-state index contributed by atoms with van der Waals surface area (Å²) in [4.78, 5) is 23.1. The van der Waals surface area contributed by atoms with Crippen LogP contribution in [0.1, 0.15) is 30.1 Å². The molecule has 0 aromatic heterocycles. The molecule has 0 aliphatic carbocycles. The van der Waals surface area contributed by atoms with Gasteiger partial charge in [-0.15, -0.1) is 0 Å². The fraction of sp³-hybridized carbons (Fsp3) is 0.429. The van der Waals surface area contributed by atoms with Crippen LogP contribution in [0.5, 0.6) is 11.5 Å². The molecule has 1 rings (SSSR count). The standard InChI is InChI=1S/C14H18O5/c1-4-19-14(16)8-6-11(15)10-5-7-12(17-2)13(9-10)18-3/h5,7,9H,4,6,8H2,1-3H3. The first-order valence-electron chi connectivity index (χ1n) is 6.03. The van der Waals surface area contributed by atoms with Crippen molar-refractivity contribution in [3.05, 3.63) is 23.8 Å². The lowest BCUT2D eigenvalue weighted by Gasteiger charge is -2.09. The van der Waals surface area contributed by atoms with Gasteiger partial charge in [-0.2, -0.15) is 0 Å². The summed E-state index contributed by atoms with van der Waals surface area (Å²) in [6, 6.07) is 4.91. The molecule has 1 aromatic carbocycles. The quantitative estimate of drug-likeness (QED) is 0.559. The van der Waals surface area contributed by atoms with E-state index in [2.05, 4.69) is 0 Å². The normalized spacial score (nSPS) is 9.84. The number of carbonyl (C=O) groups is 2. The molecule has 0 spiro atoms. The summed E-state index contributed by atoms with van der Waals surface area (Å²) in [6.07, 6.45) is 0.204. The number of hydrogen-bond acceptors (Lipinski definition) is 5. The number of benzene rings is 1. The molecule has 0 saturated carbocycles. The minimum absolute atomic E-state index is 0.0843. The van der Waals surface area contributed by atoms with Crippen LogP contribution in [0.4, 0.5) is 0 Å². The fourth-order valence-electron chi connectivity index (χ4n) is 1.60. The third-order valence-corrected chi connectivity index (χ3v) is 2.57. The third-order valence-electron chi connectivity index (χ3n) is 2.57. The molecule has 0 N–H and O–H groups in total. The van der Waals surface area contributed by atoms with E-state index >= 15 is 0 Å². The smallest absolute Gasteiger partial charge is 0.306 e. The number of rotatable bonds is 7. The van der Waals surface area contributed by atoms with Crippen LogP contribution in [-0.4, -0.2) is 32.6 Å². The lowest BCUT2D eigenvalue weighted by molar-refractivity contribution is -0.143. The van der Waals surface area contributed by atoms with E-state index in [0.717, 1.165) is 0 Å². The van der Waals surface area contributed by atoms with Crippen molar-refractivity contribution < 1.29 is 23.8 Å². The zero-order valence-electron chi connectivity index (χ0n) is 11.4. The van der Waals surface area contributed by atoms with Crippen LogP contribution in [-0.2, 0) is 9.53 Å². The highest BCUT2D eigenvalue weighted by Gasteiger charge is 2.12. The summed E-state index contributed by atoms with van der Waals surface area (Å²) in [5, 5.41) is 0. The highest BCUT2D eigenvalue weighted by Crippen LogP contribution is 2.28. The number of esters is 1. The summed E-state index contributed by atoms with van der Waals surface area (Å²) in [7, 11) is 3.03. The second-order valence-corrected chi connectivity index (χ2v) is 3.80. The monoisotopic (exact) mass is 266 g/mol. The van der Waals surface area contributed by atoms with Crippen LogP contribution in [0.3, 0.4) is 0 Å². The summed E-state index contributed by atoms with van der Waals surface area (Å²) >= 11 is 0. The van der Waals surface area contributed by atoms with E-state index in [1.54, 1.807) is 25.1 Å². The van der Waals surface area contributed by atoms with Crippen molar-refractivity contribution in [1.29, 1.82) is 0 Å². The predicted molar refractivity (Wildman–Crippen MR) is 69.7 cm³/mol. The molecule has 0 heterocycles. The Hall–Kier alpha value is -2.04. The fourth-order valence-corrected chi connectivity index (χ4v) is 1.60. The van der Waals surface area contributed by atoms with E-state index in [1.165, 1.54) is 14.2 Å². The molecule has 0 radical (unpaired) electrons. The Kier molecular flexibility index (Phi) is 5.85. The molecule has 0 aliphatic rings. The van der Waals surface area contributed by atoms with Gasteiger partial charge in [0, 0.05) is 12.0 Å². The van der Waals surface area contributed by atoms with Gasteiger partial charge in [0.25, 0.3) is 0 Å². The Labute approximate surface area is 112 Å². The number of Topliss-reactive ketones (excluding diaryl/α,β-unsaturated/α-hetero) is 1. The molecule has 0 atom stereocenters. The van der Waals surface area contributed by atoms with Crippen molar-refractivity contribution in [1.82, 2.24) is 0 Å². The average Bonchev–Trinajstić information content (AvgIpc) is 2.44. The van der Waals surface area contributed by atoms with Crippen molar-refractivity contribution >= 4 is 11.8 Å². The zero-order chi connectivity index (χ0) is 14.3. The lowest BCUT2D eigenvalue weighted by atomic mass is 10.1. The molecule has 104 valence electrons.